The predicted molar refractivity (Wildman–Crippen MR) is 79.0 cm³/mol. The number of rotatable bonds is 4. The lowest BCUT2D eigenvalue weighted by Gasteiger charge is -2.40. The quantitative estimate of drug-likeness (QED) is 0.791. The first-order chi connectivity index (χ1) is 9.42. The third-order valence-corrected chi connectivity index (χ3v) is 4.57. The van der Waals surface area contributed by atoms with E-state index in [0.717, 1.165) is 12.0 Å². The van der Waals surface area contributed by atoms with Crippen LogP contribution in [0, 0.1) is 11.3 Å². The Bertz CT molecular complexity index is 475. The highest BCUT2D eigenvalue weighted by Gasteiger charge is 2.41. The SMILES string of the molecule is CC(C)C1(C)CC(=O)N(CCc2ccccc2)C(=O)C1. The number of hydrogen-bond donors (Lipinski definition) is 0. The number of piperidine rings is 1. The van der Waals surface area contributed by atoms with Crippen LogP contribution in [0.3, 0.4) is 0 Å². The first kappa shape index (κ1) is 14.8. The molecule has 0 aliphatic carbocycles. The van der Waals surface area contributed by atoms with Gasteiger partial charge in [-0.3, -0.25) is 14.5 Å². The van der Waals surface area contributed by atoms with Crippen molar-refractivity contribution in [3.63, 3.8) is 0 Å². The van der Waals surface area contributed by atoms with Crippen molar-refractivity contribution in [2.24, 2.45) is 11.3 Å². The highest BCUT2D eigenvalue weighted by atomic mass is 16.2. The lowest BCUT2D eigenvalue weighted by Crippen LogP contribution is -2.49. The van der Waals surface area contributed by atoms with Crippen LogP contribution in [0.2, 0.25) is 0 Å². The first-order valence-corrected chi connectivity index (χ1v) is 7.29. The molecule has 1 fully saturated rings. The summed E-state index contributed by atoms with van der Waals surface area (Å²) in [5, 5.41) is 0. The summed E-state index contributed by atoms with van der Waals surface area (Å²) in [4.78, 5) is 25.9. The molecule has 1 aliphatic rings. The summed E-state index contributed by atoms with van der Waals surface area (Å²) in [6.45, 7) is 6.71. The fourth-order valence-corrected chi connectivity index (χ4v) is 2.63. The second-order valence-electron chi connectivity index (χ2n) is 6.34. The van der Waals surface area contributed by atoms with Crippen molar-refractivity contribution in [2.45, 2.75) is 40.0 Å². The molecule has 3 heteroatoms. The van der Waals surface area contributed by atoms with Crippen molar-refractivity contribution >= 4 is 11.8 Å². The van der Waals surface area contributed by atoms with Gasteiger partial charge < -0.3 is 0 Å². The van der Waals surface area contributed by atoms with Crippen LogP contribution < -0.4 is 0 Å². The summed E-state index contributed by atoms with van der Waals surface area (Å²) in [5.74, 6) is 0.299. The summed E-state index contributed by atoms with van der Waals surface area (Å²) >= 11 is 0. The molecule has 0 unspecified atom stereocenters. The molecule has 1 heterocycles. The maximum atomic E-state index is 12.3. The lowest BCUT2D eigenvalue weighted by atomic mass is 9.71. The molecular weight excluding hydrogens is 250 g/mol. The number of nitrogens with zero attached hydrogens (tertiary/aromatic N) is 1. The minimum Gasteiger partial charge on any atom is -0.282 e. The Labute approximate surface area is 121 Å². The van der Waals surface area contributed by atoms with Crippen molar-refractivity contribution in [1.82, 2.24) is 4.90 Å². The van der Waals surface area contributed by atoms with Gasteiger partial charge in [0.1, 0.15) is 0 Å². The van der Waals surface area contributed by atoms with Crippen molar-refractivity contribution in [2.75, 3.05) is 6.54 Å². The average Bonchev–Trinajstić information content (AvgIpc) is 2.38. The number of amides is 2. The highest BCUT2D eigenvalue weighted by Crippen LogP contribution is 2.39. The van der Waals surface area contributed by atoms with Crippen LogP contribution in [0.5, 0.6) is 0 Å². The van der Waals surface area contributed by atoms with Gasteiger partial charge in [-0.05, 0) is 23.3 Å². The second-order valence-corrected chi connectivity index (χ2v) is 6.34. The molecule has 0 N–H and O–H groups in total. The van der Waals surface area contributed by atoms with E-state index in [1.54, 1.807) is 0 Å². The van der Waals surface area contributed by atoms with Crippen LogP contribution in [0.1, 0.15) is 39.2 Å². The third-order valence-electron chi connectivity index (χ3n) is 4.57. The first-order valence-electron chi connectivity index (χ1n) is 7.29. The molecule has 1 aromatic carbocycles. The van der Waals surface area contributed by atoms with Gasteiger partial charge in [0.2, 0.25) is 11.8 Å². The van der Waals surface area contributed by atoms with E-state index < -0.39 is 0 Å². The van der Waals surface area contributed by atoms with Crippen LogP contribution in [0.25, 0.3) is 0 Å². The van der Waals surface area contributed by atoms with Crippen LogP contribution in [-0.2, 0) is 16.0 Å². The second kappa shape index (κ2) is 5.78. The lowest BCUT2D eigenvalue weighted by molar-refractivity contribution is -0.154. The number of carbonyl (C=O) groups is 2. The van der Waals surface area contributed by atoms with Gasteiger partial charge in [0, 0.05) is 19.4 Å². The van der Waals surface area contributed by atoms with Crippen LogP contribution >= 0.6 is 0 Å². The summed E-state index contributed by atoms with van der Waals surface area (Å²) in [6, 6.07) is 9.97. The topological polar surface area (TPSA) is 37.4 Å². The summed E-state index contributed by atoms with van der Waals surface area (Å²) < 4.78 is 0. The van der Waals surface area contributed by atoms with E-state index in [0.29, 0.717) is 25.3 Å². The van der Waals surface area contributed by atoms with Gasteiger partial charge in [0.05, 0.1) is 0 Å². The number of likely N-dealkylation sites (tertiary alicyclic amines) is 1. The average molecular weight is 273 g/mol. The van der Waals surface area contributed by atoms with E-state index in [2.05, 4.69) is 13.8 Å². The van der Waals surface area contributed by atoms with Gasteiger partial charge in [0.25, 0.3) is 0 Å². The molecule has 0 radical (unpaired) electrons. The highest BCUT2D eigenvalue weighted by molar-refractivity contribution is 5.98. The minimum absolute atomic E-state index is 0.0200. The van der Waals surface area contributed by atoms with Gasteiger partial charge >= 0.3 is 0 Å². The summed E-state index contributed by atoms with van der Waals surface area (Å²) in [7, 11) is 0. The van der Waals surface area contributed by atoms with E-state index in [4.69, 9.17) is 0 Å². The van der Waals surface area contributed by atoms with E-state index in [-0.39, 0.29) is 17.2 Å². The van der Waals surface area contributed by atoms with E-state index in [1.165, 1.54) is 4.90 Å². The number of imide groups is 1. The Kier molecular flexibility index (Phi) is 4.26. The van der Waals surface area contributed by atoms with E-state index in [9.17, 15) is 9.59 Å². The van der Waals surface area contributed by atoms with Crippen LogP contribution in [0.15, 0.2) is 30.3 Å². The smallest absolute Gasteiger partial charge is 0.229 e. The molecule has 0 saturated carbocycles. The molecule has 0 aromatic heterocycles. The maximum Gasteiger partial charge on any atom is 0.229 e. The maximum absolute atomic E-state index is 12.3. The molecule has 0 atom stereocenters. The molecular formula is C17H23NO2. The minimum atomic E-state index is -0.183. The molecule has 108 valence electrons. The molecule has 1 aromatic rings. The van der Waals surface area contributed by atoms with E-state index in [1.807, 2.05) is 37.3 Å². The van der Waals surface area contributed by atoms with Gasteiger partial charge in [-0.25, -0.2) is 0 Å². The Morgan fingerprint density at radius 1 is 1.10 bits per heavy atom. The van der Waals surface area contributed by atoms with E-state index >= 15 is 0 Å². The van der Waals surface area contributed by atoms with Crippen molar-refractivity contribution in [3.05, 3.63) is 35.9 Å². The van der Waals surface area contributed by atoms with Crippen LogP contribution in [0.4, 0.5) is 0 Å². The standard InChI is InChI=1S/C17H23NO2/c1-13(2)17(3)11-15(19)18(16(20)12-17)10-9-14-7-5-4-6-8-14/h4-8,13H,9-12H2,1-3H3. The zero-order chi connectivity index (χ0) is 14.8. The molecule has 1 saturated heterocycles. The zero-order valence-corrected chi connectivity index (χ0v) is 12.6. The van der Waals surface area contributed by atoms with Crippen LogP contribution in [-0.4, -0.2) is 23.3 Å². The Morgan fingerprint density at radius 3 is 2.15 bits per heavy atom. The normalized spacial score (nSPS) is 18.7. The number of hydrogen-bond acceptors (Lipinski definition) is 2. The Morgan fingerprint density at radius 2 is 1.65 bits per heavy atom. The zero-order valence-electron chi connectivity index (χ0n) is 12.6. The molecule has 3 nitrogen and oxygen atoms in total. The summed E-state index contributed by atoms with van der Waals surface area (Å²) in [6.07, 6.45) is 1.69. The number of carbonyl (C=O) groups excluding carboxylic acids is 2. The fourth-order valence-electron chi connectivity index (χ4n) is 2.63. The molecule has 0 spiro atoms. The summed E-state index contributed by atoms with van der Waals surface area (Å²) in [5.41, 5.74) is 0.975. The molecule has 2 rings (SSSR count). The molecule has 0 bridgehead atoms. The van der Waals surface area contributed by atoms with Gasteiger partial charge in [-0.15, -0.1) is 0 Å². The van der Waals surface area contributed by atoms with Gasteiger partial charge in [-0.2, -0.15) is 0 Å². The van der Waals surface area contributed by atoms with Gasteiger partial charge in [0.15, 0.2) is 0 Å². The Hall–Kier alpha value is -1.64. The molecule has 20 heavy (non-hydrogen) atoms. The molecule has 2 amide bonds. The van der Waals surface area contributed by atoms with Crippen molar-refractivity contribution in [1.29, 1.82) is 0 Å². The predicted octanol–water partition coefficient (Wildman–Crippen LogP) is 3.04. The van der Waals surface area contributed by atoms with Crippen molar-refractivity contribution in [3.8, 4) is 0 Å². The largest absolute Gasteiger partial charge is 0.282 e. The monoisotopic (exact) mass is 273 g/mol. The fraction of sp³-hybridized carbons (Fsp3) is 0.529. The third kappa shape index (κ3) is 3.09. The number of benzene rings is 1. The van der Waals surface area contributed by atoms with Gasteiger partial charge in [-0.1, -0.05) is 51.1 Å². The van der Waals surface area contributed by atoms with Crippen molar-refractivity contribution < 1.29 is 9.59 Å². The molecule has 1 aliphatic heterocycles. The Balaban J connectivity index is 2.00.